The first-order chi connectivity index (χ1) is 10.3. The highest BCUT2D eigenvalue weighted by Gasteiger charge is 2.58. The van der Waals surface area contributed by atoms with Gasteiger partial charge in [-0.15, -0.1) is 0 Å². The van der Waals surface area contributed by atoms with Crippen LogP contribution < -0.4 is 0 Å². The molecule has 1 aromatic carbocycles. The van der Waals surface area contributed by atoms with Gasteiger partial charge in [-0.2, -0.15) is 13.0 Å². The molecule has 22 heavy (non-hydrogen) atoms. The van der Waals surface area contributed by atoms with Crippen molar-refractivity contribution in [3.05, 3.63) is 29.8 Å². The summed E-state index contributed by atoms with van der Waals surface area (Å²) in [6, 6.07) is 5.88. The minimum absolute atomic E-state index is 0.0298. The van der Waals surface area contributed by atoms with Crippen molar-refractivity contribution in [2.24, 2.45) is 0 Å². The Kier molecular flexibility index (Phi) is 3.37. The van der Waals surface area contributed by atoms with E-state index in [2.05, 4.69) is 0 Å². The zero-order chi connectivity index (χ0) is 16.1. The lowest BCUT2D eigenvalue weighted by atomic mass is 10.0. The Morgan fingerprint density at radius 1 is 1.41 bits per heavy atom. The van der Waals surface area contributed by atoms with E-state index in [0.29, 0.717) is 0 Å². The van der Waals surface area contributed by atoms with E-state index >= 15 is 0 Å². The Labute approximate surface area is 127 Å². The number of hydrogen-bond donors (Lipinski definition) is 1. The molecule has 1 fully saturated rings. The number of rotatable bonds is 4. The fourth-order valence-electron chi connectivity index (χ4n) is 2.82. The first-order valence-corrected chi connectivity index (χ1v) is 8.12. The largest absolute Gasteiger partial charge is 0.473 e. The first kappa shape index (κ1) is 14.9. The van der Waals surface area contributed by atoms with Gasteiger partial charge in [-0.1, -0.05) is 12.1 Å². The monoisotopic (exact) mass is 324 g/mol. The normalized spacial score (nSPS) is 24.1. The van der Waals surface area contributed by atoms with E-state index in [1.54, 1.807) is 19.1 Å². The molecule has 0 saturated carbocycles. The third kappa shape index (κ3) is 2.34. The lowest BCUT2D eigenvalue weighted by molar-refractivity contribution is -0.522. The molecule has 0 spiro atoms. The summed E-state index contributed by atoms with van der Waals surface area (Å²) >= 11 is 0. The summed E-state index contributed by atoms with van der Waals surface area (Å²) in [5.41, 5.74) is 0.454. The average molecular weight is 324 g/mol. The van der Waals surface area contributed by atoms with Gasteiger partial charge in [-0.05, 0) is 24.6 Å². The van der Waals surface area contributed by atoms with Crippen molar-refractivity contribution in [2.45, 2.75) is 36.8 Å². The molecule has 8 heteroatoms. The average Bonchev–Trinajstić information content (AvgIpc) is 2.71. The number of β-lactam (4-membered cyclic amide) rings is 1. The molecule has 3 rings (SSSR count). The maximum absolute atomic E-state index is 12.3. The number of benzene rings is 1. The molecule has 1 saturated heterocycles. The fraction of sp³-hybridized carbons (Fsp3) is 0.357. The summed E-state index contributed by atoms with van der Waals surface area (Å²) in [6.07, 6.45) is -0.737. The molecule has 1 N–H and O–H groups in total. The minimum atomic E-state index is -4.09. The van der Waals surface area contributed by atoms with Crippen LogP contribution in [0.25, 0.3) is 0 Å². The molecule has 2 aliphatic rings. The van der Waals surface area contributed by atoms with Crippen LogP contribution in [-0.4, -0.2) is 47.8 Å². The molecule has 1 amide bonds. The molecule has 0 bridgehead atoms. The summed E-state index contributed by atoms with van der Waals surface area (Å²) in [5, 5.41) is 9.23. The highest BCUT2D eigenvalue weighted by atomic mass is 32.2. The van der Waals surface area contributed by atoms with Gasteiger partial charge in [0, 0.05) is 6.42 Å². The Morgan fingerprint density at radius 2 is 2.14 bits per heavy atom. The van der Waals surface area contributed by atoms with Crippen LogP contribution in [0, 0.1) is 6.92 Å². The number of fused-ring (bicyclic) bond motifs is 1. The van der Waals surface area contributed by atoms with Gasteiger partial charge >= 0.3 is 17.6 Å². The molecule has 0 aliphatic carbocycles. The Bertz CT molecular complexity index is 810. The van der Waals surface area contributed by atoms with Crippen LogP contribution in [0.2, 0.25) is 0 Å². The molecule has 2 unspecified atom stereocenters. The van der Waals surface area contributed by atoms with Crippen LogP contribution in [-0.2, 0) is 23.9 Å². The Hall–Kier alpha value is -2.06. The predicted molar refractivity (Wildman–Crippen MR) is 74.2 cm³/mol. The quantitative estimate of drug-likeness (QED) is 0.486. The highest BCUT2D eigenvalue weighted by molar-refractivity contribution is 7.86. The molecule has 2 heterocycles. The van der Waals surface area contributed by atoms with Crippen molar-refractivity contribution in [2.75, 3.05) is 0 Å². The van der Waals surface area contributed by atoms with Crippen LogP contribution >= 0.6 is 0 Å². The van der Waals surface area contributed by atoms with E-state index in [4.69, 9.17) is 4.18 Å². The van der Waals surface area contributed by atoms with Crippen LogP contribution in [0.3, 0.4) is 0 Å². The van der Waals surface area contributed by atoms with Crippen LogP contribution in [0.15, 0.2) is 29.2 Å². The molecular weight excluding hydrogens is 310 g/mol. The van der Waals surface area contributed by atoms with E-state index < -0.39 is 22.2 Å². The number of carbonyl (C=O) groups is 2. The summed E-state index contributed by atoms with van der Waals surface area (Å²) in [7, 11) is -4.09. The van der Waals surface area contributed by atoms with Gasteiger partial charge in [0.2, 0.25) is 0 Å². The standard InChI is InChI=1S/C14H13NO6S/c1-8-3-2-4-10(5-8)22(19,20)21-11-6-9-7-12(16)15(9)13(11)14(17)18/h2-5,9,11H,6-7H2,1H3/p+1. The zero-order valence-corrected chi connectivity index (χ0v) is 12.5. The van der Waals surface area contributed by atoms with Crippen molar-refractivity contribution < 1.29 is 31.9 Å². The number of aliphatic carboxylic acids is 1. The number of nitrogens with zero attached hydrogens (tertiary/aromatic N) is 1. The number of carbonyl (C=O) groups excluding carboxylic acids is 1. The molecule has 7 nitrogen and oxygen atoms in total. The Morgan fingerprint density at radius 3 is 2.73 bits per heavy atom. The van der Waals surface area contributed by atoms with Gasteiger partial charge in [-0.25, -0.2) is 9.59 Å². The van der Waals surface area contributed by atoms with E-state index in [0.717, 1.165) is 10.1 Å². The van der Waals surface area contributed by atoms with Crippen molar-refractivity contribution in [3.63, 3.8) is 0 Å². The smallest absolute Gasteiger partial charge is 0.399 e. The maximum atomic E-state index is 12.3. The second kappa shape index (κ2) is 4.99. The van der Waals surface area contributed by atoms with Crippen LogP contribution in [0.4, 0.5) is 0 Å². The van der Waals surface area contributed by atoms with E-state index in [9.17, 15) is 23.1 Å². The van der Waals surface area contributed by atoms with Gasteiger partial charge in [0.05, 0.1) is 4.90 Å². The molecule has 2 aliphatic heterocycles. The van der Waals surface area contributed by atoms with Gasteiger partial charge < -0.3 is 5.11 Å². The summed E-state index contributed by atoms with van der Waals surface area (Å²) < 4.78 is 30.8. The third-order valence-corrected chi connectivity index (χ3v) is 5.15. The second-order valence-electron chi connectivity index (χ2n) is 5.40. The SMILES string of the molecule is Cc1cccc(S(=O)(=O)OC2CC3CC(=O)[N+]3=C2C(=O)O)c1. The molecule has 0 aromatic heterocycles. The number of carboxylic acids is 1. The van der Waals surface area contributed by atoms with Gasteiger partial charge in [0.1, 0.15) is 6.42 Å². The van der Waals surface area contributed by atoms with Crippen molar-refractivity contribution in [3.8, 4) is 0 Å². The highest BCUT2D eigenvalue weighted by Crippen LogP contribution is 2.30. The first-order valence-electron chi connectivity index (χ1n) is 6.72. The summed E-state index contributed by atoms with van der Waals surface area (Å²) in [4.78, 5) is 22.8. The Balaban J connectivity index is 1.92. The molecule has 1 aromatic rings. The maximum Gasteiger partial charge on any atom is 0.399 e. The van der Waals surface area contributed by atoms with Crippen molar-refractivity contribution in [1.82, 2.24) is 0 Å². The van der Waals surface area contributed by atoms with Crippen molar-refractivity contribution in [1.29, 1.82) is 0 Å². The minimum Gasteiger partial charge on any atom is -0.473 e. The topological polar surface area (TPSA) is 101 Å². The number of amides is 1. The zero-order valence-electron chi connectivity index (χ0n) is 11.7. The van der Waals surface area contributed by atoms with E-state index in [1.165, 1.54) is 12.1 Å². The number of hydrogen-bond acceptors (Lipinski definition) is 5. The lowest BCUT2D eigenvalue weighted by Crippen LogP contribution is -2.45. The van der Waals surface area contributed by atoms with Crippen LogP contribution in [0.1, 0.15) is 18.4 Å². The van der Waals surface area contributed by atoms with Gasteiger partial charge in [-0.3, -0.25) is 4.18 Å². The summed E-state index contributed by atoms with van der Waals surface area (Å²) in [5.74, 6) is -1.65. The molecule has 116 valence electrons. The summed E-state index contributed by atoms with van der Waals surface area (Å²) in [6.45, 7) is 1.74. The second-order valence-corrected chi connectivity index (χ2v) is 6.98. The third-order valence-electron chi connectivity index (χ3n) is 3.83. The predicted octanol–water partition coefficient (Wildman–Crippen LogP) is 0.310. The molecule has 2 atom stereocenters. The van der Waals surface area contributed by atoms with E-state index in [-0.39, 0.29) is 35.4 Å². The number of aryl methyl sites for hydroxylation is 1. The lowest BCUT2D eigenvalue weighted by Gasteiger charge is -2.14. The fourth-order valence-corrected chi connectivity index (χ4v) is 3.98. The van der Waals surface area contributed by atoms with Gasteiger partial charge in [0.25, 0.3) is 10.1 Å². The van der Waals surface area contributed by atoms with Crippen molar-refractivity contribution >= 4 is 27.7 Å². The number of carboxylic acid groups (broad SMARTS) is 1. The molecule has 0 radical (unpaired) electrons. The molecular formula is C14H14NO6S+. The van der Waals surface area contributed by atoms with E-state index in [1.807, 2.05) is 0 Å². The van der Waals surface area contributed by atoms with Crippen LogP contribution in [0.5, 0.6) is 0 Å². The van der Waals surface area contributed by atoms with Gasteiger partial charge in [0.15, 0.2) is 12.1 Å².